The van der Waals surface area contributed by atoms with Crippen LogP contribution in [0, 0.1) is 0 Å². The lowest BCUT2D eigenvalue weighted by Gasteiger charge is -2.47. The van der Waals surface area contributed by atoms with Gasteiger partial charge in [0.2, 0.25) is 5.91 Å². The van der Waals surface area contributed by atoms with Crippen molar-refractivity contribution in [1.29, 1.82) is 0 Å². The first kappa shape index (κ1) is 30.1. The number of thiazole rings is 1. The molecule has 4 rings (SSSR count). The van der Waals surface area contributed by atoms with Crippen LogP contribution >= 0.6 is 11.3 Å². The summed E-state index contributed by atoms with van der Waals surface area (Å²) in [5.74, 6) is 0.0148. The molecule has 0 bridgehead atoms. The highest BCUT2D eigenvalue weighted by Gasteiger charge is 2.44. The van der Waals surface area contributed by atoms with E-state index in [9.17, 15) is 22.8 Å². The first-order valence-electron chi connectivity index (χ1n) is 13.5. The van der Waals surface area contributed by atoms with Crippen molar-refractivity contribution < 1.29 is 27.5 Å². The van der Waals surface area contributed by atoms with E-state index in [1.54, 1.807) is 33.4 Å². The number of rotatable bonds is 6. The number of piperazine rings is 1. The van der Waals surface area contributed by atoms with Gasteiger partial charge in [0.1, 0.15) is 0 Å². The van der Waals surface area contributed by atoms with Crippen molar-refractivity contribution in [3.05, 3.63) is 47.0 Å². The predicted molar refractivity (Wildman–Crippen MR) is 149 cm³/mol. The lowest BCUT2D eigenvalue weighted by molar-refractivity contribution is -0.137. The Kier molecular flexibility index (Phi) is 8.99. The third-order valence-electron chi connectivity index (χ3n) is 7.96. The van der Waals surface area contributed by atoms with E-state index in [-0.39, 0.29) is 12.5 Å². The SMILES string of the molecule is COC(=O)N(CC1(c2cccc(C(F)(F)F)c2)CCN(C(=O)CN2CCN(c3nccs3)CC2)CC1)C(C)(C)C. The molecule has 0 radical (unpaired) electrons. The molecule has 0 unspecified atom stereocenters. The molecule has 220 valence electrons. The third kappa shape index (κ3) is 6.88. The van der Waals surface area contributed by atoms with Gasteiger partial charge in [0, 0.05) is 68.3 Å². The van der Waals surface area contributed by atoms with E-state index in [1.165, 1.54) is 19.2 Å². The van der Waals surface area contributed by atoms with E-state index in [4.69, 9.17) is 4.74 Å². The number of hydrogen-bond donors (Lipinski definition) is 0. The summed E-state index contributed by atoms with van der Waals surface area (Å²) >= 11 is 1.60. The minimum atomic E-state index is -4.48. The van der Waals surface area contributed by atoms with Crippen molar-refractivity contribution in [2.24, 2.45) is 0 Å². The largest absolute Gasteiger partial charge is 0.453 e. The van der Waals surface area contributed by atoms with Gasteiger partial charge in [-0.3, -0.25) is 9.69 Å². The van der Waals surface area contributed by atoms with Gasteiger partial charge in [-0.2, -0.15) is 13.2 Å². The number of hydrogen-bond acceptors (Lipinski definition) is 7. The van der Waals surface area contributed by atoms with Crippen molar-refractivity contribution in [3.8, 4) is 0 Å². The fourth-order valence-electron chi connectivity index (χ4n) is 5.50. The van der Waals surface area contributed by atoms with Gasteiger partial charge in [0.05, 0.1) is 19.2 Å². The number of piperidine rings is 1. The van der Waals surface area contributed by atoms with E-state index in [2.05, 4.69) is 14.8 Å². The summed E-state index contributed by atoms with van der Waals surface area (Å²) in [7, 11) is 1.30. The normalized spacial score (nSPS) is 18.5. The van der Waals surface area contributed by atoms with E-state index in [0.29, 0.717) is 38.0 Å². The average molecular weight is 582 g/mol. The number of aromatic nitrogens is 1. The molecule has 0 saturated carbocycles. The quantitative estimate of drug-likeness (QED) is 0.492. The predicted octanol–water partition coefficient (Wildman–Crippen LogP) is 4.71. The molecule has 8 nitrogen and oxygen atoms in total. The summed E-state index contributed by atoms with van der Waals surface area (Å²) in [4.78, 5) is 38.1. The van der Waals surface area contributed by atoms with E-state index >= 15 is 0 Å². The van der Waals surface area contributed by atoms with Crippen LogP contribution in [0.1, 0.15) is 44.7 Å². The van der Waals surface area contributed by atoms with Crippen LogP contribution in [0.25, 0.3) is 0 Å². The number of likely N-dealkylation sites (tertiary alicyclic amines) is 1. The Labute approximate surface area is 237 Å². The third-order valence-corrected chi connectivity index (χ3v) is 8.79. The van der Waals surface area contributed by atoms with Crippen molar-refractivity contribution in [3.63, 3.8) is 0 Å². The first-order valence-corrected chi connectivity index (χ1v) is 14.4. The summed E-state index contributed by atoms with van der Waals surface area (Å²) in [5, 5.41) is 2.94. The number of alkyl halides is 3. The highest BCUT2D eigenvalue weighted by Crippen LogP contribution is 2.40. The highest BCUT2D eigenvalue weighted by atomic mass is 32.1. The number of ether oxygens (including phenoxy) is 1. The second-order valence-electron chi connectivity index (χ2n) is 11.5. The van der Waals surface area contributed by atoms with Crippen LogP contribution in [0.3, 0.4) is 0 Å². The van der Waals surface area contributed by atoms with Crippen LogP contribution < -0.4 is 4.90 Å². The van der Waals surface area contributed by atoms with E-state index < -0.39 is 28.8 Å². The van der Waals surface area contributed by atoms with Crippen LogP contribution in [0.4, 0.5) is 23.1 Å². The Hall–Kier alpha value is -2.86. The van der Waals surface area contributed by atoms with Gasteiger partial charge in [-0.25, -0.2) is 9.78 Å². The molecule has 2 aromatic rings. The van der Waals surface area contributed by atoms with E-state index in [0.717, 1.165) is 37.4 Å². The maximum atomic E-state index is 13.6. The van der Waals surface area contributed by atoms with Crippen molar-refractivity contribution in [2.75, 3.05) is 64.4 Å². The molecule has 3 heterocycles. The molecule has 12 heteroatoms. The number of amides is 2. The van der Waals surface area contributed by atoms with Crippen LogP contribution in [0.5, 0.6) is 0 Å². The molecule has 2 aliphatic heterocycles. The minimum absolute atomic E-state index is 0.0148. The lowest BCUT2D eigenvalue weighted by atomic mass is 9.71. The lowest BCUT2D eigenvalue weighted by Crippen LogP contribution is -2.57. The van der Waals surface area contributed by atoms with Crippen molar-refractivity contribution in [1.82, 2.24) is 19.7 Å². The molecule has 1 aromatic heterocycles. The van der Waals surface area contributed by atoms with Crippen molar-refractivity contribution in [2.45, 2.75) is 50.7 Å². The van der Waals surface area contributed by atoms with Crippen LogP contribution in [0.2, 0.25) is 0 Å². The molecule has 0 aliphatic carbocycles. The number of methoxy groups -OCH3 is 1. The zero-order chi connectivity index (χ0) is 29.1. The summed E-state index contributed by atoms with van der Waals surface area (Å²) in [6.07, 6.45) is -2.36. The fraction of sp³-hybridized carbons (Fsp3) is 0.607. The van der Waals surface area contributed by atoms with Gasteiger partial charge in [-0.1, -0.05) is 18.2 Å². The molecule has 0 spiro atoms. The van der Waals surface area contributed by atoms with Crippen LogP contribution in [-0.2, 0) is 21.1 Å². The first-order chi connectivity index (χ1) is 18.8. The molecule has 0 N–H and O–H groups in total. The second kappa shape index (κ2) is 11.9. The Balaban J connectivity index is 1.48. The zero-order valence-electron chi connectivity index (χ0n) is 23.5. The van der Waals surface area contributed by atoms with Gasteiger partial charge < -0.3 is 19.4 Å². The topological polar surface area (TPSA) is 69.2 Å². The number of anilines is 1. The fourth-order valence-corrected chi connectivity index (χ4v) is 6.19. The Bertz CT molecular complexity index is 1150. The van der Waals surface area contributed by atoms with Crippen LogP contribution in [-0.4, -0.2) is 96.7 Å². The summed E-state index contributed by atoms with van der Waals surface area (Å²) < 4.78 is 46.0. The maximum Gasteiger partial charge on any atom is 0.416 e. The maximum absolute atomic E-state index is 13.6. The van der Waals surface area contributed by atoms with Gasteiger partial charge in [0.25, 0.3) is 0 Å². The summed E-state index contributed by atoms with van der Waals surface area (Å²) in [6.45, 7) is 10.0. The molecule has 2 saturated heterocycles. The highest BCUT2D eigenvalue weighted by molar-refractivity contribution is 7.13. The van der Waals surface area contributed by atoms with Gasteiger partial charge in [-0.15, -0.1) is 11.3 Å². The number of nitrogens with zero attached hydrogens (tertiary/aromatic N) is 5. The number of halogens is 3. The Morgan fingerprint density at radius 3 is 2.30 bits per heavy atom. The number of carbonyl (C=O) groups is 2. The monoisotopic (exact) mass is 581 g/mol. The van der Waals surface area contributed by atoms with E-state index in [1.807, 2.05) is 26.2 Å². The molecule has 0 atom stereocenters. The molecular weight excluding hydrogens is 543 g/mol. The molecule has 1 aromatic carbocycles. The molecular formula is C28H38F3N5O3S. The molecule has 2 fully saturated rings. The molecule has 40 heavy (non-hydrogen) atoms. The standard InChI is InChI=1S/C28H38F3N5O3S/c1-26(2,3)36(25(38)39-4)20-27(21-6-5-7-22(18-21)28(29,30)31)8-11-34(12-9-27)23(37)19-33-13-15-35(16-14-33)24-32-10-17-40-24/h5-7,10,17-18H,8-9,11-16,19-20H2,1-4H3. The second-order valence-corrected chi connectivity index (χ2v) is 12.4. The number of carbonyl (C=O) groups excluding carboxylic acids is 2. The van der Waals surface area contributed by atoms with Gasteiger partial charge in [-0.05, 0) is 45.2 Å². The molecule has 2 amide bonds. The minimum Gasteiger partial charge on any atom is -0.453 e. The van der Waals surface area contributed by atoms with Gasteiger partial charge in [0.15, 0.2) is 5.13 Å². The zero-order valence-corrected chi connectivity index (χ0v) is 24.4. The Morgan fingerprint density at radius 1 is 1.07 bits per heavy atom. The van der Waals surface area contributed by atoms with Gasteiger partial charge >= 0.3 is 12.3 Å². The summed E-state index contributed by atoms with van der Waals surface area (Å²) in [6, 6.07) is 5.37. The van der Waals surface area contributed by atoms with Crippen molar-refractivity contribution >= 4 is 28.5 Å². The number of benzene rings is 1. The molecule has 2 aliphatic rings. The van der Waals surface area contributed by atoms with Crippen LogP contribution in [0.15, 0.2) is 35.8 Å². The Morgan fingerprint density at radius 2 is 1.75 bits per heavy atom. The summed E-state index contributed by atoms with van der Waals surface area (Å²) in [5.41, 5.74) is -1.58. The smallest absolute Gasteiger partial charge is 0.416 e. The average Bonchev–Trinajstić information content (AvgIpc) is 3.46.